The molecule has 1 unspecified atom stereocenters. The first-order valence-electron chi connectivity index (χ1n) is 13.2. The van der Waals surface area contributed by atoms with E-state index in [1.165, 1.54) is 6.92 Å². The number of halogens is 2. The molecular weight excluding hydrogens is 546 g/mol. The molecule has 1 fully saturated rings. The van der Waals surface area contributed by atoms with Crippen molar-refractivity contribution in [2.45, 2.75) is 19.5 Å². The molecule has 5 heterocycles. The van der Waals surface area contributed by atoms with E-state index >= 15 is 0 Å². The molecule has 0 saturated carbocycles. The minimum Gasteiger partial charge on any atom is -0.335 e. The molecule has 1 atom stereocenters. The fourth-order valence-electron chi connectivity index (χ4n) is 5.05. The van der Waals surface area contributed by atoms with E-state index in [2.05, 4.69) is 35.6 Å². The van der Waals surface area contributed by atoms with Gasteiger partial charge in [-0.25, -0.2) is 4.98 Å². The Labute approximate surface area is 238 Å². The largest absolute Gasteiger partial charge is 0.350 e. The third kappa shape index (κ3) is 5.56. The molecule has 0 bridgehead atoms. The predicted molar refractivity (Wildman–Crippen MR) is 148 cm³/mol. The second kappa shape index (κ2) is 11.4. The molecule has 0 spiro atoms. The Balaban J connectivity index is 1.18. The number of piperazine rings is 1. The Morgan fingerprint density at radius 1 is 0.976 bits per heavy atom. The average Bonchev–Trinajstić information content (AvgIpc) is 3.66. The molecule has 14 heteroatoms. The van der Waals surface area contributed by atoms with Gasteiger partial charge < -0.3 is 14.6 Å². The zero-order chi connectivity index (χ0) is 29.2. The van der Waals surface area contributed by atoms with Gasteiger partial charge in [0, 0.05) is 57.3 Å². The molecule has 1 saturated heterocycles. The summed E-state index contributed by atoms with van der Waals surface area (Å²) in [5, 5.41) is 14.1. The number of amides is 2. The maximum atomic E-state index is 13.5. The Kier molecular flexibility index (Phi) is 7.35. The lowest BCUT2D eigenvalue weighted by molar-refractivity contribution is -0.114. The first kappa shape index (κ1) is 27.1. The van der Waals surface area contributed by atoms with Crippen molar-refractivity contribution in [2.75, 3.05) is 31.5 Å². The van der Waals surface area contributed by atoms with Crippen LogP contribution in [0.1, 0.15) is 41.4 Å². The quantitative estimate of drug-likeness (QED) is 0.315. The molecule has 6 rings (SSSR count). The molecule has 1 aliphatic rings. The zero-order valence-corrected chi connectivity index (χ0v) is 22.5. The molecule has 1 N–H and O–H groups in total. The normalized spacial score (nSPS) is 14.8. The SMILES string of the molecule is CC(=O)Nc1ccc2nc(-c3ccnc(C(=O)N4CCN(C(c5ccccc5)c5nnn(C(F)F)n5)CC4)c3)cn2c1. The number of pyridine rings is 2. The topological polar surface area (TPSA) is 126 Å². The lowest BCUT2D eigenvalue weighted by atomic mass is 10.0. The van der Waals surface area contributed by atoms with Crippen LogP contribution < -0.4 is 5.32 Å². The first-order chi connectivity index (χ1) is 20.4. The van der Waals surface area contributed by atoms with Crippen LogP contribution in [-0.2, 0) is 4.79 Å². The third-order valence-corrected chi connectivity index (χ3v) is 6.99. The van der Waals surface area contributed by atoms with Gasteiger partial charge in [0.25, 0.3) is 5.91 Å². The average molecular weight is 573 g/mol. The van der Waals surface area contributed by atoms with Crippen molar-refractivity contribution in [3.8, 4) is 11.3 Å². The number of alkyl halides is 2. The van der Waals surface area contributed by atoms with Gasteiger partial charge in [0.1, 0.15) is 11.3 Å². The summed E-state index contributed by atoms with van der Waals surface area (Å²) in [5.41, 5.74) is 3.86. The smallest absolute Gasteiger partial charge is 0.335 e. The van der Waals surface area contributed by atoms with Crippen LogP contribution in [0.2, 0.25) is 0 Å². The Morgan fingerprint density at radius 3 is 2.48 bits per heavy atom. The second-order valence-corrected chi connectivity index (χ2v) is 9.81. The van der Waals surface area contributed by atoms with Crippen LogP contribution >= 0.6 is 0 Å². The Bertz CT molecular complexity index is 1730. The number of carbonyl (C=O) groups is 2. The summed E-state index contributed by atoms with van der Waals surface area (Å²) in [7, 11) is 0. The molecule has 214 valence electrons. The highest BCUT2D eigenvalue weighted by Gasteiger charge is 2.32. The molecule has 2 amide bonds. The number of nitrogens with one attached hydrogen (secondary N) is 1. The zero-order valence-electron chi connectivity index (χ0n) is 22.5. The molecular formula is C28H26F2N10O2. The number of rotatable bonds is 7. The van der Waals surface area contributed by atoms with Crippen LogP contribution in [0.5, 0.6) is 0 Å². The monoisotopic (exact) mass is 572 g/mol. The molecule has 42 heavy (non-hydrogen) atoms. The molecule has 12 nitrogen and oxygen atoms in total. The van der Waals surface area contributed by atoms with Crippen LogP contribution in [0.4, 0.5) is 14.5 Å². The van der Waals surface area contributed by atoms with Crippen molar-refractivity contribution in [1.82, 2.24) is 44.4 Å². The van der Waals surface area contributed by atoms with E-state index in [1.807, 2.05) is 36.5 Å². The number of hydrogen-bond acceptors (Lipinski definition) is 8. The summed E-state index contributed by atoms with van der Waals surface area (Å²) in [6.07, 6.45) is 5.17. The van der Waals surface area contributed by atoms with E-state index < -0.39 is 12.6 Å². The standard InChI is InChI=1S/C28H26F2N10O2/c1-18(41)32-21-7-8-24-33-23(17-39(24)16-21)20-9-10-31-22(15-20)27(42)38-13-11-37(12-14-38)25(19-5-3-2-4-6-19)26-34-36-40(35-26)28(29)30/h2-10,15-17,25,28H,11-14H2,1H3,(H,32,41). The molecule has 0 aliphatic carbocycles. The third-order valence-electron chi connectivity index (χ3n) is 6.99. The van der Waals surface area contributed by atoms with Crippen LogP contribution in [0.25, 0.3) is 16.9 Å². The van der Waals surface area contributed by atoms with Gasteiger partial charge in [-0.15, -0.1) is 10.2 Å². The van der Waals surface area contributed by atoms with Crippen molar-refractivity contribution in [3.05, 3.63) is 90.3 Å². The summed E-state index contributed by atoms with van der Waals surface area (Å²) in [6, 6.07) is 16.0. The highest BCUT2D eigenvalue weighted by atomic mass is 19.3. The van der Waals surface area contributed by atoms with Gasteiger partial charge in [-0.1, -0.05) is 35.1 Å². The minimum absolute atomic E-state index is 0.167. The summed E-state index contributed by atoms with van der Waals surface area (Å²) >= 11 is 0. The van der Waals surface area contributed by atoms with Gasteiger partial charge in [-0.2, -0.15) is 8.78 Å². The van der Waals surface area contributed by atoms with Crippen LogP contribution in [0.15, 0.2) is 73.2 Å². The number of fused-ring (bicyclic) bond motifs is 1. The fourth-order valence-corrected chi connectivity index (χ4v) is 5.05. The number of carbonyl (C=O) groups excluding carboxylic acids is 2. The number of aromatic nitrogens is 7. The van der Waals surface area contributed by atoms with Crippen LogP contribution in [0, 0.1) is 0 Å². The molecule has 5 aromatic rings. The van der Waals surface area contributed by atoms with Crippen molar-refractivity contribution in [3.63, 3.8) is 0 Å². The lowest BCUT2D eigenvalue weighted by Crippen LogP contribution is -2.50. The van der Waals surface area contributed by atoms with Crippen LogP contribution in [-0.4, -0.2) is 82.4 Å². The summed E-state index contributed by atoms with van der Waals surface area (Å²) in [4.78, 5) is 37.9. The number of tetrazole rings is 1. The van der Waals surface area contributed by atoms with Gasteiger partial charge in [0.15, 0.2) is 5.82 Å². The van der Waals surface area contributed by atoms with Crippen molar-refractivity contribution in [2.24, 2.45) is 0 Å². The highest BCUT2D eigenvalue weighted by Crippen LogP contribution is 2.28. The second-order valence-electron chi connectivity index (χ2n) is 9.81. The molecule has 1 aliphatic heterocycles. The van der Waals surface area contributed by atoms with Crippen molar-refractivity contribution in [1.29, 1.82) is 0 Å². The molecule has 1 aromatic carbocycles. The Hall–Kier alpha value is -5.11. The molecule has 0 radical (unpaired) electrons. The number of imidazole rings is 1. The number of hydrogen-bond donors (Lipinski definition) is 1. The van der Waals surface area contributed by atoms with E-state index in [0.717, 1.165) is 11.1 Å². The van der Waals surface area contributed by atoms with E-state index in [9.17, 15) is 18.4 Å². The summed E-state index contributed by atoms with van der Waals surface area (Å²) < 4.78 is 28.1. The first-order valence-corrected chi connectivity index (χ1v) is 13.2. The van der Waals surface area contributed by atoms with Crippen molar-refractivity contribution >= 4 is 23.1 Å². The van der Waals surface area contributed by atoms with E-state index in [-0.39, 0.29) is 23.3 Å². The lowest BCUT2D eigenvalue weighted by Gasteiger charge is -2.38. The van der Waals surface area contributed by atoms with E-state index in [1.54, 1.807) is 46.0 Å². The molecule has 4 aromatic heterocycles. The maximum absolute atomic E-state index is 13.5. The van der Waals surface area contributed by atoms with E-state index in [4.69, 9.17) is 0 Å². The van der Waals surface area contributed by atoms with E-state index in [0.29, 0.717) is 48.0 Å². The maximum Gasteiger partial charge on any atom is 0.350 e. The van der Waals surface area contributed by atoms with Gasteiger partial charge in [-0.05, 0) is 35.0 Å². The van der Waals surface area contributed by atoms with Crippen molar-refractivity contribution < 1.29 is 18.4 Å². The van der Waals surface area contributed by atoms with Gasteiger partial charge in [0.2, 0.25) is 5.91 Å². The van der Waals surface area contributed by atoms with Gasteiger partial charge in [-0.3, -0.25) is 19.5 Å². The summed E-state index contributed by atoms with van der Waals surface area (Å²) in [5.74, 6) is -0.210. The summed E-state index contributed by atoms with van der Waals surface area (Å²) in [6.45, 7) is 0.297. The predicted octanol–water partition coefficient (Wildman–Crippen LogP) is 3.28. The number of nitrogens with zero attached hydrogens (tertiary/aromatic N) is 9. The number of benzene rings is 1. The van der Waals surface area contributed by atoms with Gasteiger partial charge in [0.05, 0.1) is 17.4 Å². The Morgan fingerprint density at radius 2 is 1.76 bits per heavy atom. The fraction of sp³-hybridized carbons (Fsp3) is 0.250. The highest BCUT2D eigenvalue weighted by molar-refractivity contribution is 5.93. The van der Waals surface area contributed by atoms with Crippen LogP contribution in [0.3, 0.4) is 0 Å². The van der Waals surface area contributed by atoms with Gasteiger partial charge >= 0.3 is 6.55 Å². The number of anilines is 1. The minimum atomic E-state index is -2.89.